The molecule has 0 N–H and O–H groups in total. The molecule has 0 saturated carbocycles. The summed E-state index contributed by atoms with van der Waals surface area (Å²) in [5.41, 5.74) is 1.88. The topological polar surface area (TPSA) is 70.4 Å². The van der Waals surface area contributed by atoms with Gasteiger partial charge >= 0.3 is 5.97 Å². The molecule has 27 heavy (non-hydrogen) atoms. The Morgan fingerprint density at radius 2 is 1.89 bits per heavy atom. The zero-order valence-electron chi connectivity index (χ0n) is 15.7. The van der Waals surface area contributed by atoms with Gasteiger partial charge in [0, 0.05) is 6.54 Å². The third kappa shape index (κ3) is 3.84. The van der Waals surface area contributed by atoms with Gasteiger partial charge in [-0.05, 0) is 44.0 Å². The van der Waals surface area contributed by atoms with E-state index in [9.17, 15) is 9.59 Å². The summed E-state index contributed by atoms with van der Waals surface area (Å²) in [7, 11) is 1.53. The minimum Gasteiger partial charge on any atom is -0.496 e. The molecule has 0 aliphatic heterocycles. The van der Waals surface area contributed by atoms with E-state index in [-0.39, 0.29) is 12.2 Å². The number of carbonyl (C=O) groups excluding carboxylic acids is 1. The first kappa shape index (κ1) is 18.6. The number of aromatic nitrogens is 2. The van der Waals surface area contributed by atoms with E-state index in [1.165, 1.54) is 7.11 Å². The highest BCUT2D eigenvalue weighted by Crippen LogP contribution is 2.23. The summed E-state index contributed by atoms with van der Waals surface area (Å²) < 4.78 is 12.3. The first-order valence-corrected chi connectivity index (χ1v) is 8.80. The number of fused-ring (bicyclic) bond motifs is 1. The Morgan fingerprint density at radius 1 is 1.11 bits per heavy atom. The van der Waals surface area contributed by atoms with Crippen molar-refractivity contribution >= 4 is 16.9 Å². The van der Waals surface area contributed by atoms with Gasteiger partial charge in [-0.25, -0.2) is 9.78 Å². The lowest BCUT2D eigenvalue weighted by molar-refractivity contribution is 0.0491. The smallest absolute Gasteiger partial charge is 0.341 e. The molecular weight excluding hydrogens is 344 g/mol. The van der Waals surface area contributed by atoms with Crippen LogP contribution in [0, 0.1) is 13.8 Å². The summed E-state index contributed by atoms with van der Waals surface area (Å²) in [4.78, 5) is 29.4. The van der Waals surface area contributed by atoms with Crippen LogP contribution in [0.25, 0.3) is 10.9 Å². The SMILES string of the molecule is COc1c(C)cccc1C(=O)OCCCn1c(C)nc2ccccc2c1=O. The standard InChI is InChI=1S/C21H22N2O4/c1-14-8-6-10-17(19(14)26-3)21(25)27-13-7-12-23-15(2)22-18-11-5-4-9-16(18)20(23)24/h4-6,8-11H,7,12-13H2,1-3H3. The molecule has 0 spiro atoms. The molecule has 3 aromatic rings. The molecule has 6 nitrogen and oxygen atoms in total. The molecule has 1 aromatic heterocycles. The quantitative estimate of drug-likeness (QED) is 0.495. The van der Waals surface area contributed by atoms with E-state index in [0.717, 1.165) is 5.56 Å². The molecule has 0 atom stereocenters. The highest BCUT2D eigenvalue weighted by atomic mass is 16.5. The number of esters is 1. The molecule has 0 unspecified atom stereocenters. The molecule has 0 fully saturated rings. The predicted octanol–water partition coefficient (Wildman–Crippen LogP) is 3.27. The lowest BCUT2D eigenvalue weighted by Crippen LogP contribution is -2.24. The number of carbonyl (C=O) groups is 1. The summed E-state index contributed by atoms with van der Waals surface area (Å²) in [5, 5.41) is 0.588. The lowest BCUT2D eigenvalue weighted by Gasteiger charge is -2.12. The maximum absolute atomic E-state index is 12.6. The summed E-state index contributed by atoms with van der Waals surface area (Å²) in [5.74, 6) is 0.731. The first-order chi connectivity index (χ1) is 13.0. The van der Waals surface area contributed by atoms with Crippen LogP contribution in [0.5, 0.6) is 5.75 Å². The van der Waals surface area contributed by atoms with Crippen molar-refractivity contribution in [2.24, 2.45) is 0 Å². The fraction of sp³-hybridized carbons (Fsp3) is 0.286. The second kappa shape index (κ2) is 8.03. The Balaban J connectivity index is 1.66. The third-order valence-corrected chi connectivity index (χ3v) is 4.45. The Bertz CT molecular complexity index is 1040. The number of rotatable bonds is 6. The van der Waals surface area contributed by atoms with Crippen LogP contribution in [-0.2, 0) is 11.3 Å². The lowest BCUT2D eigenvalue weighted by atomic mass is 10.1. The number of aryl methyl sites for hydroxylation is 2. The highest BCUT2D eigenvalue weighted by molar-refractivity contribution is 5.93. The van der Waals surface area contributed by atoms with E-state index >= 15 is 0 Å². The van der Waals surface area contributed by atoms with E-state index in [1.807, 2.05) is 31.2 Å². The van der Waals surface area contributed by atoms with Gasteiger partial charge < -0.3 is 9.47 Å². The van der Waals surface area contributed by atoms with Crippen LogP contribution in [0.3, 0.4) is 0 Å². The van der Waals surface area contributed by atoms with Crippen molar-refractivity contribution in [1.82, 2.24) is 9.55 Å². The largest absolute Gasteiger partial charge is 0.496 e. The zero-order chi connectivity index (χ0) is 19.4. The molecule has 1 heterocycles. The normalized spacial score (nSPS) is 10.8. The maximum Gasteiger partial charge on any atom is 0.341 e. The number of hydrogen-bond acceptors (Lipinski definition) is 5. The average molecular weight is 366 g/mol. The van der Waals surface area contributed by atoms with Gasteiger partial charge in [0.05, 0.1) is 24.6 Å². The third-order valence-electron chi connectivity index (χ3n) is 4.45. The van der Waals surface area contributed by atoms with Crippen LogP contribution >= 0.6 is 0 Å². The predicted molar refractivity (Wildman–Crippen MR) is 103 cm³/mol. The zero-order valence-corrected chi connectivity index (χ0v) is 15.7. The van der Waals surface area contributed by atoms with Crippen LogP contribution in [0.15, 0.2) is 47.3 Å². The summed E-state index contributed by atoms with van der Waals surface area (Å²) in [6.45, 7) is 4.31. The fourth-order valence-electron chi connectivity index (χ4n) is 3.09. The molecule has 0 bridgehead atoms. The molecule has 140 valence electrons. The molecular formula is C21H22N2O4. The van der Waals surface area contributed by atoms with Crippen LogP contribution in [0.1, 0.15) is 28.2 Å². The Hall–Kier alpha value is -3.15. The highest BCUT2D eigenvalue weighted by Gasteiger charge is 2.15. The summed E-state index contributed by atoms with van der Waals surface area (Å²) in [6, 6.07) is 12.6. The molecule has 2 aromatic carbocycles. The summed E-state index contributed by atoms with van der Waals surface area (Å²) >= 11 is 0. The molecule has 3 rings (SSSR count). The number of para-hydroxylation sites is 2. The molecule has 0 saturated heterocycles. The van der Waals surface area contributed by atoms with Crippen molar-refractivity contribution in [1.29, 1.82) is 0 Å². The van der Waals surface area contributed by atoms with Gasteiger partial charge in [-0.2, -0.15) is 0 Å². The van der Waals surface area contributed by atoms with E-state index in [1.54, 1.807) is 29.7 Å². The monoisotopic (exact) mass is 366 g/mol. The first-order valence-electron chi connectivity index (χ1n) is 8.80. The van der Waals surface area contributed by atoms with E-state index in [2.05, 4.69) is 4.98 Å². The molecule has 0 aliphatic rings. The van der Waals surface area contributed by atoms with Gasteiger partial charge in [-0.3, -0.25) is 9.36 Å². The second-order valence-electron chi connectivity index (χ2n) is 6.28. The van der Waals surface area contributed by atoms with Crippen molar-refractivity contribution in [3.05, 3.63) is 69.8 Å². The van der Waals surface area contributed by atoms with Gasteiger partial charge in [-0.1, -0.05) is 24.3 Å². The fourth-order valence-corrected chi connectivity index (χ4v) is 3.09. The number of ether oxygens (including phenoxy) is 2. The van der Waals surface area contributed by atoms with Crippen LogP contribution in [-0.4, -0.2) is 29.2 Å². The molecule has 0 aliphatic carbocycles. The Kier molecular flexibility index (Phi) is 5.54. The van der Waals surface area contributed by atoms with Crippen LogP contribution in [0.4, 0.5) is 0 Å². The minimum atomic E-state index is -0.434. The van der Waals surface area contributed by atoms with E-state index in [0.29, 0.717) is 41.0 Å². The van der Waals surface area contributed by atoms with Gasteiger partial charge in [0.1, 0.15) is 17.1 Å². The molecule has 0 radical (unpaired) electrons. The van der Waals surface area contributed by atoms with E-state index in [4.69, 9.17) is 9.47 Å². The van der Waals surface area contributed by atoms with Gasteiger partial charge in [-0.15, -0.1) is 0 Å². The van der Waals surface area contributed by atoms with Crippen molar-refractivity contribution in [3.8, 4) is 5.75 Å². The van der Waals surface area contributed by atoms with Gasteiger partial charge in [0.2, 0.25) is 0 Å². The maximum atomic E-state index is 12.6. The summed E-state index contributed by atoms with van der Waals surface area (Å²) in [6.07, 6.45) is 0.515. The van der Waals surface area contributed by atoms with Crippen molar-refractivity contribution in [2.75, 3.05) is 13.7 Å². The van der Waals surface area contributed by atoms with Gasteiger partial charge in [0.25, 0.3) is 5.56 Å². The number of nitrogens with zero attached hydrogens (tertiary/aromatic N) is 2. The Labute approximate surface area is 157 Å². The number of hydrogen-bond donors (Lipinski definition) is 0. The van der Waals surface area contributed by atoms with Crippen molar-refractivity contribution < 1.29 is 14.3 Å². The van der Waals surface area contributed by atoms with Crippen LogP contribution in [0.2, 0.25) is 0 Å². The molecule has 6 heteroatoms. The van der Waals surface area contributed by atoms with Gasteiger partial charge in [0.15, 0.2) is 0 Å². The second-order valence-corrected chi connectivity index (χ2v) is 6.28. The van der Waals surface area contributed by atoms with Crippen molar-refractivity contribution in [3.63, 3.8) is 0 Å². The average Bonchev–Trinajstić information content (AvgIpc) is 2.66. The number of methoxy groups -OCH3 is 1. The number of benzene rings is 2. The molecule has 0 amide bonds. The van der Waals surface area contributed by atoms with Crippen molar-refractivity contribution in [2.45, 2.75) is 26.8 Å². The van der Waals surface area contributed by atoms with Crippen LogP contribution < -0.4 is 10.3 Å². The Morgan fingerprint density at radius 3 is 2.67 bits per heavy atom. The minimum absolute atomic E-state index is 0.0789. The van der Waals surface area contributed by atoms with E-state index < -0.39 is 5.97 Å².